The molecule has 0 fully saturated rings. The molecular weight excluding hydrogens is 252 g/mol. The second kappa shape index (κ2) is 5.80. The van der Waals surface area contributed by atoms with E-state index in [2.05, 4.69) is 9.97 Å². The fourth-order valence-electron chi connectivity index (χ4n) is 1.51. The highest BCUT2D eigenvalue weighted by Gasteiger charge is 2.05. The highest BCUT2D eigenvalue weighted by atomic mass is 35.5. The first-order chi connectivity index (χ1) is 8.69. The Morgan fingerprint density at radius 1 is 1.28 bits per heavy atom. The number of benzene rings is 1. The first kappa shape index (κ1) is 12.8. The molecule has 2 rings (SSSR count). The molecule has 94 valence electrons. The Kier molecular flexibility index (Phi) is 4.12. The summed E-state index contributed by atoms with van der Waals surface area (Å²) < 4.78 is 5.48. The van der Waals surface area contributed by atoms with E-state index in [9.17, 15) is 0 Å². The number of aryl methyl sites for hydroxylation is 1. The van der Waals surface area contributed by atoms with Crippen molar-refractivity contribution in [3.05, 3.63) is 52.3 Å². The fraction of sp³-hybridized carbons (Fsp3) is 0.231. The fourth-order valence-corrected chi connectivity index (χ4v) is 1.70. The van der Waals surface area contributed by atoms with E-state index in [0.29, 0.717) is 17.3 Å². The molecule has 1 heterocycles. The van der Waals surface area contributed by atoms with Gasteiger partial charge in [-0.05, 0) is 19.1 Å². The molecule has 0 aliphatic rings. The van der Waals surface area contributed by atoms with Gasteiger partial charge in [-0.15, -0.1) is 0 Å². The van der Waals surface area contributed by atoms with Crippen LogP contribution in [0.2, 0.25) is 5.02 Å². The molecule has 4 nitrogen and oxygen atoms in total. The summed E-state index contributed by atoms with van der Waals surface area (Å²) in [4.78, 5) is 8.21. The van der Waals surface area contributed by atoms with Crippen molar-refractivity contribution in [2.45, 2.75) is 20.1 Å². The molecule has 1 aromatic carbocycles. The summed E-state index contributed by atoms with van der Waals surface area (Å²) in [5.74, 6) is 0. The van der Waals surface area contributed by atoms with Crippen molar-refractivity contribution in [3.8, 4) is 6.01 Å². The van der Waals surface area contributed by atoms with Crippen LogP contribution in [-0.2, 0) is 13.2 Å². The van der Waals surface area contributed by atoms with Crippen molar-refractivity contribution in [1.82, 2.24) is 9.97 Å². The van der Waals surface area contributed by atoms with Gasteiger partial charge in [-0.25, -0.2) is 4.98 Å². The third-order valence-electron chi connectivity index (χ3n) is 2.36. The van der Waals surface area contributed by atoms with E-state index in [-0.39, 0.29) is 12.6 Å². The molecule has 0 radical (unpaired) electrons. The Bertz CT molecular complexity index is 546. The Hall–Kier alpha value is -1.65. The molecule has 0 bridgehead atoms. The van der Waals surface area contributed by atoms with Crippen LogP contribution in [0.1, 0.15) is 17.0 Å². The number of aliphatic hydroxyl groups excluding tert-OH is 1. The van der Waals surface area contributed by atoms with E-state index >= 15 is 0 Å². The summed E-state index contributed by atoms with van der Waals surface area (Å²) >= 11 is 6.02. The molecule has 0 aliphatic heterocycles. The topological polar surface area (TPSA) is 55.2 Å². The molecule has 0 aliphatic carbocycles. The molecule has 0 spiro atoms. The second-order valence-corrected chi connectivity index (χ2v) is 4.23. The highest BCUT2D eigenvalue weighted by Crippen LogP contribution is 2.17. The zero-order valence-electron chi connectivity index (χ0n) is 9.93. The number of rotatable bonds is 4. The number of hydrogen-bond donors (Lipinski definition) is 1. The predicted octanol–water partition coefficient (Wildman–Crippen LogP) is 2.51. The molecule has 0 atom stereocenters. The molecule has 0 amide bonds. The lowest BCUT2D eigenvalue weighted by atomic mass is 10.2. The zero-order valence-corrected chi connectivity index (χ0v) is 10.7. The maximum absolute atomic E-state index is 9.05. The molecule has 0 saturated carbocycles. The van der Waals surface area contributed by atoms with E-state index in [0.717, 1.165) is 11.3 Å². The number of halogens is 1. The molecule has 5 heteroatoms. The number of aromatic nitrogens is 2. The van der Waals surface area contributed by atoms with Crippen molar-refractivity contribution in [3.63, 3.8) is 0 Å². The Morgan fingerprint density at radius 3 is 2.78 bits per heavy atom. The van der Waals surface area contributed by atoms with Gasteiger partial charge in [0.25, 0.3) is 0 Å². The normalized spacial score (nSPS) is 10.4. The first-order valence-corrected chi connectivity index (χ1v) is 5.88. The van der Waals surface area contributed by atoms with Gasteiger partial charge >= 0.3 is 6.01 Å². The quantitative estimate of drug-likeness (QED) is 0.922. The van der Waals surface area contributed by atoms with Crippen LogP contribution in [0.5, 0.6) is 6.01 Å². The average molecular weight is 265 g/mol. The van der Waals surface area contributed by atoms with Gasteiger partial charge in [-0.1, -0.05) is 29.8 Å². The Morgan fingerprint density at radius 2 is 2.06 bits per heavy atom. The summed E-state index contributed by atoms with van der Waals surface area (Å²) in [6.07, 6.45) is 0. The van der Waals surface area contributed by atoms with E-state index in [1.54, 1.807) is 12.1 Å². The summed E-state index contributed by atoms with van der Waals surface area (Å²) in [7, 11) is 0. The van der Waals surface area contributed by atoms with Crippen LogP contribution in [0.15, 0.2) is 30.3 Å². The van der Waals surface area contributed by atoms with Crippen LogP contribution in [-0.4, -0.2) is 15.1 Å². The van der Waals surface area contributed by atoms with Crippen molar-refractivity contribution >= 4 is 11.6 Å². The third-order valence-corrected chi connectivity index (χ3v) is 2.73. The van der Waals surface area contributed by atoms with E-state index in [1.807, 2.05) is 25.1 Å². The van der Waals surface area contributed by atoms with Gasteiger partial charge in [0.05, 0.1) is 12.3 Å². The minimum absolute atomic E-state index is 0.133. The van der Waals surface area contributed by atoms with Gasteiger partial charge in [0.1, 0.15) is 6.61 Å². The number of nitrogens with zero attached hydrogens (tertiary/aromatic N) is 2. The Balaban J connectivity index is 2.11. The standard InChI is InChI=1S/C13H13ClN2O2/c1-9-6-11(7-17)16-13(15-9)18-8-10-4-2-3-5-12(10)14/h2-6,17H,7-8H2,1H3. The first-order valence-electron chi connectivity index (χ1n) is 5.50. The second-order valence-electron chi connectivity index (χ2n) is 3.82. The monoisotopic (exact) mass is 264 g/mol. The maximum atomic E-state index is 9.05. The summed E-state index contributed by atoms with van der Waals surface area (Å²) in [6, 6.07) is 9.39. The van der Waals surface area contributed by atoms with Gasteiger partial charge in [-0.2, -0.15) is 4.98 Å². The summed E-state index contributed by atoms with van der Waals surface area (Å²) in [6.45, 7) is 1.99. The van der Waals surface area contributed by atoms with Crippen LogP contribution in [0.3, 0.4) is 0 Å². The smallest absolute Gasteiger partial charge is 0.317 e. The van der Waals surface area contributed by atoms with Crippen LogP contribution < -0.4 is 4.74 Å². The van der Waals surface area contributed by atoms with Crippen molar-refractivity contribution in [2.75, 3.05) is 0 Å². The van der Waals surface area contributed by atoms with Crippen LogP contribution in [0, 0.1) is 6.92 Å². The minimum atomic E-state index is -0.133. The van der Waals surface area contributed by atoms with Gasteiger partial charge in [-0.3, -0.25) is 0 Å². The zero-order chi connectivity index (χ0) is 13.0. The van der Waals surface area contributed by atoms with E-state index < -0.39 is 0 Å². The van der Waals surface area contributed by atoms with Crippen LogP contribution in [0.4, 0.5) is 0 Å². The molecule has 18 heavy (non-hydrogen) atoms. The molecule has 1 N–H and O–H groups in total. The number of ether oxygens (including phenoxy) is 1. The van der Waals surface area contributed by atoms with Crippen molar-refractivity contribution in [2.24, 2.45) is 0 Å². The SMILES string of the molecule is Cc1cc(CO)nc(OCc2ccccc2Cl)n1. The number of hydrogen-bond acceptors (Lipinski definition) is 4. The molecule has 0 unspecified atom stereocenters. The lowest BCUT2D eigenvalue weighted by Gasteiger charge is -2.07. The van der Waals surface area contributed by atoms with Gasteiger partial charge in [0.2, 0.25) is 0 Å². The van der Waals surface area contributed by atoms with Crippen molar-refractivity contribution < 1.29 is 9.84 Å². The molecule has 2 aromatic rings. The Labute approximate surface area is 110 Å². The highest BCUT2D eigenvalue weighted by molar-refractivity contribution is 6.31. The minimum Gasteiger partial charge on any atom is -0.459 e. The lowest BCUT2D eigenvalue weighted by molar-refractivity contribution is 0.259. The van der Waals surface area contributed by atoms with E-state index in [1.165, 1.54) is 0 Å². The largest absolute Gasteiger partial charge is 0.459 e. The predicted molar refractivity (Wildman–Crippen MR) is 68.5 cm³/mol. The lowest BCUT2D eigenvalue weighted by Crippen LogP contribution is -2.03. The number of aliphatic hydroxyl groups is 1. The van der Waals surface area contributed by atoms with Gasteiger partial charge in [0, 0.05) is 16.3 Å². The summed E-state index contributed by atoms with van der Waals surface area (Å²) in [5, 5.41) is 9.69. The van der Waals surface area contributed by atoms with E-state index in [4.69, 9.17) is 21.4 Å². The molecule has 1 aromatic heterocycles. The van der Waals surface area contributed by atoms with Gasteiger partial charge < -0.3 is 9.84 Å². The van der Waals surface area contributed by atoms with Crippen molar-refractivity contribution in [1.29, 1.82) is 0 Å². The van der Waals surface area contributed by atoms with Crippen LogP contribution >= 0.6 is 11.6 Å². The third kappa shape index (κ3) is 3.18. The molecule has 0 saturated heterocycles. The summed E-state index contributed by atoms with van der Waals surface area (Å²) in [5.41, 5.74) is 2.16. The maximum Gasteiger partial charge on any atom is 0.317 e. The van der Waals surface area contributed by atoms with Crippen LogP contribution in [0.25, 0.3) is 0 Å². The molecular formula is C13H13ClN2O2. The average Bonchev–Trinajstić information content (AvgIpc) is 2.37. The van der Waals surface area contributed by atoms with Gasteiger partial charge in [0.15, 0.2) is 0 Å².